The van der Waals surface area contributed by atoms with Crippen LogP contribution in [0.3, 0.4) is 0 Å². The molecule has 0 aliphatic heterocycles. The number of nitrogens with zero attached hydrogens (tertiary/aromatic N) is 1. The van der Waals surface area contributed by atoms with Crippen molar-refractivity contribution in [1.29, 1.82) is 0 Å². The summed E-state index contributed by atoms with van der Waals surface area (Å²) in [5, 5.41) is 4.98. The summed E-state index contributed by atoms with van der Waals surface area (Å²) >= 11 is 1.31. The number of ether oxygens (including phenoxy) is 1. The first-order chi connectivity index (χ1) is 13.9. The van der Waals surface area contributed by atoms with Crippen LogP contribution in [0.15, 0.2) is 48.0 Å². The zero-order valence-electron chi connectivity index (χ0n) is 16.0. The molecule has 0 bridgehead atoms. The number of thiazole rings is 1. The van der Waals surface area contributed by atoms with Crippen LogP contribution >= 0.6 is 11.3 Å². The second-order valence-electron chi connectivity index (χ2n) is 6.79. The molecule has 1 amide bonds. The van der Waals surface area contributed by atoms with E-state index in [0.29, 0.717) is 34.5 Å². The van der Waals surface area contributed by atoms with Crippen molar-refractivity contribution in [2.75, 3.05) is 11.9 Å². The number of nitrogens with one attached hydrogen (secondary N) is 1. The zero-order chi connectivity index (χ0) is 20.8. The fourth-order valence-electron chi connectivity index (χ4n) is 2.48. The van der Waals surface area contributed by atoms with Gasteiger partial charge in [0.15, 0.2) is 5.13 Å². The largest absolute Gasteiger partial charge is 0.493 e. The lowest BCUT2D eigenvalue weighted by Gasteiger charge is -2.11. The Kier molecular flexibility index (Phi) is 6.72. The van der Waals surface area contributed by atoms with Crippen molar-refractivity contribution in [3.05, 3.63) is 76.3 Å². The van der Waals surface area contributed by atoms with Crippen LogP contribution < -0.4 is 10.1 Å². The normalized spacial score (nSPS) is 11.2. The Morgan fingerprint density at radius 2 is 2.03 bits per heavy atom. The minimum atomic E-state index is -0.531. The zero-order valence-corrected chi connectivity index (χ0v) is 16.8. The molecule has 3 aromatic rings. The fourth-order valence-corrected chi connectivity index (χ4v) is 3.00. The third kappa shape index (κ3) is 5.96. The SMILES string of the molecule is CC(C)COc1cc(C=Cc2cc(F)ccc2F)cc(C(=O)Nc2nccs2)c1. The molecule has 150 valence electrons. The van der Waals surface area contributed by atoms with E-state index in [1.54, 1.807) is 35.9 Å². The third-order valence-corrected chi connectivity index (χ3v) is 4.53. The number of rotatable bonds is 7. The highest BCUT2D eigenvalue weighted by Gasteiger charge is 2.11. The summed E-state index contributed by atoms with van der Waals surface area (Å²) in [6, 6.07) is 8.29. The van der Waals surface area contributed by atoms with E-state index in [4.69, 9.17) is 4.74 Å². The van der Waals surface area contributed by atoms with E-state index in [1.165, 1.54) is 17.4 Å². The minimum Gasteiger partial charge on any atom is -0.493 e. The molecular weight excluding hydrogens is 394 g/mol. The van der Waals surface area contributed by atoms with Crippen LogP contribution in [0, 0.1) is 17.6 Å². The Bertz CT molecular complexity index is 1020. The van der Waals surface area contributed by atoms with Crippen LogP contribution in [-0.4, -0.2) is 17.5 Å². The Balaban J connectivity index is 1.90. The van der Waals surface area contributed by atoms with Crippen LogP contribution in [-0.2, 0) is 0 Å². The third-order valence-electron chi connectivity index (χ3n) is 3.84. The second-order valence-corrected chi connectivity index (χ2v) is 7.68. The number of carbonyl (C=O) groups is 1. The number of benzene rings is 2. The summed E-state index contributed by atoms with van der Waals surface area (Å²) < 4.78 is 33.0. The molecule has 3 rings (SSSR count). The summed E-state index contributed by atoms with van der Waals surface area (Å²) in [7, 11) is 0. The van der Waals surface area contributed by atoms with Crippen molar-refractivity contribution >= 4 is 34.5 Å². The number of aromatic nitrogens is 1. The van der Waals surface area contributed by atoms with Gasteiger partial charge >= 0.3 is 0 Å². The second kappa shape index (κ2) is 9.43. The van der Waals surface area contributed by atoms with Crippen LogP contribution in [0.5, 0.6) is 5.75 Å². The van der Waals surface area contributed by atoms with Crippen molar-refractivity contribution in [1.82, 2.24) is 4.98 Å². The number of carbonyl (C=O) groups excluding carboxylic acids is 1. The van der Waals surface area contributed by atoms with Crippen molar-refractivity contribution in [2.24, 2.45) is 5.92 Å². The number of hydrogen-bond acceptors (Lipinski definition) is 4. The van der Waals surface area contributed by atoms with E-state index in [9.17, 15) is 13.6 Å². The maximum Gasteiger partial charge on any atom is 0.257 e. The Labute approximate surface area is 171 Å². The van der Waals surface area contributed by atoms with Crippen LogP contribution in [0.4, 0.5) is 13.9 Å². The van der Waals surface area contributed by atoms with Crippen molar-refractivity contribution < 1.29 is 18.3 Å². The highest BCUT2D eigenvalue weighted by atomic mass is 32.1. The molecule has 0 spiro atoms. The van der Waals surface area contributed by atoms with E-state index >= 15 is 0 Å². The maximum absolute atomic E-state index is 13.9. The Morgan fingerprint density at radius 3 is 2.76 bits per heavy atom. The molecule has 0 atom stereocenters. The quantitative estimate of drug-likeness (QED) is 0.491. The van der Waals surface area contributed by atoms with Gasteiger partial charge in [-0.05, 0) is 47.9 Å². The van der Waals surface area contributed by atoms with E-state index in [0.717, 1.165) is 18.2 Å². The first-order valence-electron chi connectivity index (χ1n) is 9.02. The molecule has 7 heteroatoms. The molecule has 0 fully saturated rings. The summed E-state index contributed by atoms with van der Waals surface area (Å²) in [5.41, 5.74) is 1.12. The molecule has 29 heavy (non-hydrogen) atoms. The first-order valence-corrected chi connectivity index (χ1v) is 9.90. The minimum absolute atomic E-state index is 0.118. The van der Waals surface area contributed by atoms with E-state index < -0.39 is 11.6 Å². The molecule has 0 unspecified atom stereocenters. The Morgan fingerprint density at radius 1 is 1.21 bits per heavy atom. The standard InChI is InChI=1S/C22H20F2N2O2S/c1-14(2)13-28-19-10-15(3-4-16-11-18(23)5-6-20(16)24)9-17(12-19)21(27)26-22-25-7-8-29-22/h3-12,14H,13H2,1-2H3,(H,25,26,27). The van der Waals surface area contributed by atoms with E-state index in [1.807, 2.05) is 13.8 Å². The molecular formula is C22H20F2N2O2S. The van der Waals surface area contributed by atoms with Gasteiger partial charge in [-0.15, -0.1) is 11.3 Å². The highest BCUT2D eigenvalue weighted by Crippen LogP contribution is 2.22. The average Bonchev–Trinajstić information content (AvgIpc) is 3.20. The number of halogens is 2. The van der Waals surface area contributed by atoms with Gasteiger partial charge in [0.25, 0.3) is 5.91 Å². The molecule has 1 heterocycles. The van der Waals surface area contributed by atoms with Gasteiger partial charge < -0.3 is 4.74 Å². The molecule has 1 aromatic heterocycles. The lowest BCUT2D eigenvalue weighted by molar-refractivity contribution is 0.102. The first kappa shape index (κ1) is 20.7. The van der Waals surface area contributed by atoms with Gasteiger partial charge in [-0.3, -0.25) is 10.1 Å². The van der Waals surface area contributed by atoms with Crippen molar-refractivity contribution in [3.63, 3.8) is 0 Å². The monoisotopic (exact) mass is 414 g/mol. The predicted molar refractivity (Wildman–Crippen MR) is 112 cm³/mol. The summed E-state index contributed by atoms with van der Waals surface area (Å²) in [6.07, 6.45) is 4.67. The molecule has 0 radical (unpaired) electrons. The van der Waals surface area contributed by atoms with E-state index in [-0.39, 0.29) is 11.5 Å². The molecule has 0 saturated carbocycles. The van der Waals surface area contributed by atoms with Crippen LogP contribution in [0.1, 0.15) is 35.3 Å². The average molecular weight is 414 g/mol. The topological polar surface area (TPSA) is 51.2 Å². The van der Waals surface area contributed by atoms with E-state index in [2.05, 4.69) is 10.3 Å². The Hall–Kier alpha value is -3.06. The molecule has 4 nitrogen and oxygen atoms in total. The number of hydrogen-bond donors (Lipinski definition) is 1. The molecule has 0 aliphatic rings. The predicted octanol–water partition coefficient (Wildman–Crippen LogP) is 5.88. The molecule has 1 N–H and O–H groups in total. The van der Waals surface area contributed by atoms with Gasteiger partial charge in [0.1, 0.15) is 17.4 Å². The van der Waals surface area contributed by atoms with Crippen LogP contribution in [0.25, 0.3) is 12.2 Å². The van der Waals surface area contributed by atoms with Crippen LogP contribution in [0.2, 0.25) is 0 Å². The van der Waals surface area contributed by atoms with Gasteiger partial charge in [-0.1, -0.05) is 26.0 Å². The summed E-state index contributed by atoms with van der Waals surface area (Å²) in [4.78, 5) is 16.6. The number of anilines is 1. The van der Waals surface area contributed by atoms with Gasteiger partial charge in [0.2, 0.25) is 0 Å². The van der Waals surface area contributed by atoms with Gasteiger partial charge in [-0.25, -0.2) is 13.8 Å². The van der Waals surface area contributed by atoms with Gasteiger partial charge in [-0.2, -0.15) is 0 Å². The maximum atomic E-state index is 13.9. The summed E-state index contributed by atoms with van der Waals surface area (Å²) in [6.45, 7) is 4.53. The van der Waals surface area contributed by atoms with Crippen molar-refractivity contribution in [3.8, 4) is 5.75 Å². The molecule has 0 saturated heterocycles. The van der Waals surface area contributed by atoms with Crippen molar-refractivity contribution in [2.45, 2.75) is 13.8 Å². The lowest BCUT2D eigenvalue weighted by atomic mass is 10.1. The number of amides is 1. The summed E-state index contributed by atoms with van der Waals surface area (Å²) in [5.74, 6) is -0.560. The lowest BCUT2D eigenvalue weighted by Crippen LogP contribution is -2.12. The molecule has 0 aliphatic carbocycles. The smallest absolute Gasteiger partial charge is 0.257 e. The fraction of sp³-hybridized carbons (Fsp3) is 0.182. The molecule has 2 aromatic carbocycles. The highest BCUT2D eigenvalue weighted by molar-refractivity contribution is 7.13. The van der Waals surface area contributed by atoms with Gasteiger partial charge in [0.05, 0.1) is 6.61 Å². The van der Waals surface area contributed by atoms with Gasteiger partial charge in [0, 0.05) is 22.7 Å².